The molecule has 0 unspecified atom stereocenters. The van der Waals surface area contributed by atoms with Gasteiger partial charge in [-0.1, -0.05) is 25.8 Å². The summed E-state index contributed by atoms with van der Waals surface area (Å²) in [5.41, 5.74) is 0. The Kier molecular flexibility index (Phi) is 7.01. The van der Waals surface area contributed by atoms with Crippen molar-refractivity contribution in [2.24, 2.45) is 0 Å². The number of rotatable bonds is 6. The molecule has 4 heteroatoms. The molecule has 0 saturated carbocycles. The van der Waals surface area contributed by atoms with Crippen molar-refractivity contribution in [3.63, 3.8) is 0 Å². The number of unbranched alkanes of at least 4 members (excludes halogenated alkanes) is 2. The number of carbonyl (C=O) groups excluding carboxylic acids is 1. The van der Waals surface area contributed by atoms with E-state index in [0.29, 0.717) is 11.6 Å². The lowest BCUT2D eigenvalue weighted by Gasteiger charge is -2.13. The molecule has 0 aliphatic heterocycles. The molecule has 0 heterocycles. The van der Waals surface area contributed by atoms with Gasteiger partial charge in [0.2, 0.25) is 0 Å². The van der Waals surface area contributed by atoms with Crippen molar-refractivity contribution in [3.05, 3.63) is 12.7 Å². The number of nitrogens with zero attached hydrogens (tertiary/aromatic N) is 1. The van der Waals surface area contributed by atoms with E-state index in [-0.39, 0.29) is 6.54 Å². The second kappa shape index (κ2) is 7.61. The quantitative estimate of drug-likeness (QED) is 0.287. The molecule has 2 N–H and O–H groups in total. The molecule has 76 valence electrons. The second-order valence-electron chi connectivity index (χ2n) is 2.81. The lowest BCUT2D eigenvalue weighted by molar-refractivity contribution is -0.0326. The third kappa shape index (κ3) is 6.16. The first-order valence-corrected chi connectivity index (χ1v) is 4.57. The lowest BCUT2D eigenvalue weighted by Crippen LogP contribution is -2.38. The number of nitrogens with one attached hydrogen (secondary N) is 1. The van der Waals surface area contributed by atoms with Crippen LogP contribution in [0.15, 0.2) is 12.7 Å². The third-order valence-electron chi connectivity index (χ3n) is 1.59. The van der Waals surface area contributed by atoms with Crippen LogP contribution in [0.3, 0.4) is 0 Å². The van der Waals surface area contributed by atoms with Crippen LogP contribution < -0.4 is 5.32 Å². The largest absolute Gasteiger partial charge is 0.341 e. The normalized spacial score (nSPS) is 9.38. The van der Waals surface area contributed by atoms with Crippen molar-refractivity contribution >= 4 is 6.03 Å². The zero-order valence-electron chi connectivity index (χ0n) is 8.12. The highest BCUT2D eigenvalue weighted by atomic mass is 16.5. The third-order valence-corrected chi connectivity index (χ3v) is 1.59. The van der Waals surface area contributed by atoms with E-state index in [1.165, 1.54) is 6.08 Å². The van der Waals surface area contributed by atoms with Gasteiger partial charge in [-0.3, -0.25) is 5.21 Å². The maximum absolute atomic E-state index is 11.0. The maximum atomic E-state index is 11.0. The molecule has 0 aromatic rings. The lowest BCUT2D eigenvalue weighted by atomic mass is 10.2. The van der Waals surface area contributed by atoms with Gasteiger partial charge in [0, 0.05) is 6.54 Å². The average Bonchev–Trinajstić information content (AvgIpc) is 2.12. The van der Waals surface area contributed by atoms with Gasteiger partial charge in [-0.2, -0.15) is 0 Å². The van der Waals surface area contributed by atoms with Crippen molar-refractivity contribution < 1.29 is 10.0 Å². The molecule has 0 fully saturated rings. The van der Waals surface area contributed by atoms with Gasteiger partial charge in [0.1, 0.15) is 0 Å². The molecule has 0 aromatic heterocycles. The van der Waals surface area contributed by atoms with Crippen LogP contribution in [-0.2, 0) is 0 Å². The molecule has 0 atom stereocenters. The predicted octanol–water partition coefficient (Wildman–Crippen LogP) is 1.76. The summed E-state index contributed by atoms with van der Waals surface area (Å²) in [6.07, 6.45) is 4.62. The Balaban J connectivity index is 3.44. The van der Waals surface area contributed by atoms with Gasteiger partial charge in [0.05, 0.1) is 6.54 Å². The summed E-state index contributed by atoms with van der Waals surface area (Å²) in [4.78, 5) is 11.0. The summed E-state index contributed by atoms with van der Waals surface area (Å²) in [5, 5.41) is 12.2. The Morgan fingerprint density at radius 3 is 2.85 bits per heavy atom. The van der Waals surface area contributed by atoms with Crippen LogP contribution in [0.1, 0.15) is 26.2 Å². The number of urea groups is 1. The zero-order chi connectivity index (χ0) is 10.1. The Labute approximate surface area is 79.2 Å². The van der Waals surface area contributed by atoms with Gasteiger partial charge in [0.15, 0.2) is 0 Å². The molecule has 0 aromatic carbocycles. The van der Waals surface area contributed by atoms with Crippen LogP contribution in [-0.4, -0.2) is 29.4 Å². The Hall–Kier alpha value is -1.03. The number of hydrogen-bond acceptors (Lipinski definition) is 2. The van der Waals surface area contributed by atoms with E-state index in [4.69, 9.17) is 5.21 Å². The maximum Gasteiger partial charge on any atom is 0.341 e. The molecule has 0 rings (SSSR count). The molecule has 0 aliphatic rings. The first-order chi connectivity index (χ1) is 6.22. The molecule has 13 heavy (non-hydrogen) atoms. The topological polar surface area (TPSA) is 52.6 Å². The first-order valence-electron chi connectivity index (χ1n) is 4.57. The molecule has 2 amide bonds. The van der Waals surface area contributed by atoms with Crippen molar-refractivity contribution in [2.75, 3.05) is 13.1 Å². The predicted molar refractivity (Wildman–Crippen MR) is 51.6 cm³/mol. The number of carbonyl (C=O) groups is 1. The standard InChI is InChI=1S/C9H18N2O2/c1-3-5-6-7-10-9(12)11(13)8-4-2/h4,13H,2-3,5-8H2,1H3,(H,10,12). The Morgan fingerprint density at radius 2 is 2.31 bits per heavy atom. The summed E-state index contributed by atoms with van der Waals surface area (Å²) in [6.45, 7) is 6.27. The summed E-state index contributed by atoms with van der Waals surface area (Å²) in [7, 11) is 0. The minimum atomic E-state index is -0.462. The van der Waals surface area contributed by atoms with E-state index in [1.807, 2.05) is 0 Å². The van der Waals surface area contributed by atoms with Crippen LogP contribution in [0.25, 0.3) is 0 Å². The van der Waals surface area contributed by atoms with Gasteiger partial charge >= 0.3 is 6.03 Å². The van der Waals surface area contributed by atoms with Crippen LogP contribution in [0.4, 0.5) is 4.79 Å². The van der Waals surface area contributed by atoms with E-state index in [1.54, 1.807) is 0 Å². The molecular weight excluding hydrogens is 168 g/mol. The fraction of sp³-hybridized carbons (Fsp3) is 0.667. The summed E-state index contributed by atoms with van der Waals surface area (Å²) < 4.78 is 0. The minimum Gasteiger partial charge on any atom is -0.336 e. The van der Waals surface area contributed by atoms with E-state index < -0.39 is 6.03 Å². The molecule has 0 radical (unpaired) electrons. The number of hydroxylamine groups is 2. The van der Waals surface area contributed by atoms with E-state index in [9.17, 15) is 4.79 Å². The summed E-state index contributed by atoms with van der Waals surface area (Å²) >= 11 is 0. The zero-order valence-corrected chi connectivity index (χ0v) is 8.12. The van der Waals surface area contributed by atoms with Gasteiger partial charge in [-0.05, 0) is 6.42 Å². The van der Waals surface area contributed by atoms with Crippen molar-refractivity contribution in [1.29, 1.82) is 0 Å². The van der Waals surface area contributed by atoms with Gasteiger partial charge < -0.3 is 5.32 Å². The highest BCUT2D eigenvalue weighted by molar-refractivity contribution is 5.72. The molecule has 0 aliphatic carbocycles. The minimum absolute atomic E-state index is 0.152. The van der Waals surface area contributed by atoms with E-state index in [2.05, 4.69) is 18.8 Å². The van der Waals surface area contributed by atoms with Crippen molar-refractivity contribution in [3.8, 4) is 0 Å². The molecule has 4 nitrogen and oxygen atoms in total. The van der Waals surface area contributed by atoms with Crippen LogP contribution >= 0.6 is 0 Å². The summed E-state index contributed by atoms with van der Waals surface area (Å²) in [6, 6.07) is -0.462. The van der Waals surface area contributed by atoms with E-state index >= 15 is 0 Å². The highest BCUT2D eigenvalue weighted by Crippen LogP contribution is 1.92. The molecule has 0 saturated heterocycles. The SMILES string of the molecule is C=CCN(O)C(=O)NCCCCC. The second-order valence-corrected chi connectivity index (χ2v) is 2.81. The smallest absolute Gasteiger partial charge is 0.336 e. The molecule has 0 spiro atoms. The van der Waals surface area contributed by atoms with Crippen LogP contribution in [0, 0.1) is 0 Å². The number of hydrogen-bond donors (Lipinski definition) is 2. The van der Waals surface area contributed by atoms with Gasteiger partial charge in [0.25, 0.3) is 0 Å². The van der Waals surface area contributed by atoms with E-state index in [0.717, 1.165) is 19.3 Å². The van der Waals surface area contributed by atoms with Crippen molar-refractivity contribution in [2.45, 2.75) is 26.2 Å². The van der Waals surface area contributed by atoms with Gasteiger partial charge in [-0.25, -0.2) is 9.86 Å². The Bertz CT molecular complexity index is 160. The van der Waals surface area contributed by atoms with Crippen molar-refractivity contribution in [1.82, 2.24) is 10.4 Å². The average molecular weight is 186 g/mol. The van der Waals surface area contributed by atoms with Crippen LogP contribution in [0.2, 0.25) is 0 Å². The fourth-order valence-corrected chi connectivity index (χ4v) is 0.867. The molecular formula is C9H18N2O2. The van der Waals surface area contributed by atoms with Crippen LogP contribution in [0.5, 0.6) is 0 Å². The van der Waals surface area contributed by atoms with Gasteiger partial charge in [-0.15, -0.1) is 6.58 Å². The summed E-state index contributed by atoms with van der Waals surface area (Å²) in [5.74, 6) is 0. The molecule has 0 bridgehead atoms. The fourth-order valence-electron chi connectivity index (χ4n) is 0.867. The monoisotopic (exact) mass is 186 g/mol. The number of amides is 2. The first kappa shape index (κ1) is 12.0. The highest BCUT2D eigenvalue weighted by Gasteiger charge is 2.06. The Morgan fingerprint density at radius 1 is 1.62 bits per heavy atom.